The largest absolute Gasteiger partial charge is 0.476 e. The van der Waals surface area contributed by atoms with E-state index in [-0.39, 0.29) is 0 Å². The second kappa shape index (κ2) is 2.67. The molecule has 2 atom stereocenters. The first-order valence-electron chi connectivity index (χ1n) is 4.09. The molecule has 11 heavy (non-hydrogen) atoms. The highest BCUT2D eigenvalue weighted by Crippen LogP contribution is 2.37. The molecule has 0 aromatic heterocycles. The van der Waals surface area contributed by atoms with E-state index < -0.39 is 0 Å². The summed E-state index contributed by atoms with van der Waals surface area (Å²) in [6, 6.07) is 11.4. The van der Waals surface area contributed by atoms with Crippen LogP contribution in [0.1, 0.15) is 17.9 Å². The molecule has 0 radical (unpaired) electrons. The van der Waals surface area contributed by atoms with Crippen molar-refractivity contribution < 1.29 is 5.32 Å². The summed E-state index contributed by atoms with van der Waals surface area (Å²) in [7, 11) is 3.80. The molecule has 0 spiro atoms. The minimum Gasteiger partial charge on any atom is -0.476 e. The lowest BCUT2D eigenvalue weighted by atomic mass is 10.1. The first-order valence-corrected chi connectivity index (χ1v) is 4.09. The smallest absolute Gasteiger partial charge is 0.0700 e. The number of hydrogen-bond donors (Lipinski definition) is 1. The molecule has 0 aliphatic heterocycles. The Hall–Kier alpha value is -0.820. The van der Waals surface area contributed by atoms with E-state index >= 15 is 0 Å². The van der Waals surface area contributed by atoms with Gasteiger partial charge in [0.2, 0.25) is 0 Å². The van der Waals surface area contributed by atoms with E-state index in [1.807, 2.05) is 0 Å². The lowest BCUT2D eigenvalue weighted by Gasteiger charge is -1.98. The average Bonchev–Trinajstić information content (AvgIpc) is 2.85. The molecule has 58 valence electrons. The summed E-state index contributed by atoms with van der Waals surface area (Å²) < 4.78 is 0. The van der Waals surface area contributed by atoms with Gasteiger partial charge in [-0.2, -0.15) is 7.05 Å². The molecule has 0 saturated heterocycles. The minimum absolute atomic E-state index is 0.748. The Kier molecular flexibility index (Phi) is 1.66. The van der Waals surface area contributed by atoms with Crippen molar-refractivity contribution in [3.63, 3.8) is 0 Å². The number of rotatable bonds is 2. The molecule has 0 heterocycles. The maximum atomic E-state index is 3.80. The summed E-state index contributed by atoms with van der Waals surface area (Å²) in [5.74, 6) is 0.772. The number of nitrogens with two attached hydrogens (primary N) is 1. The summed E-state index contributed by atoms with van der Waals surface area (Å²) in [5, 5.41) is 2.07. The van der Waals surface area contributed by atoms with E-state index in [1.54, 1.807) is 0 Å². The second-order valence-corrected chi connectivity index (χ2v) is 3.15. The van der Waals surface area contributed by atoms with Crippen molar-refractivity contribution in [1.82, 2.24) is 0 Å². The van der Waals surface area contributed by atoms with Crippen LogP contribution in [0.5, 0.6) is 0 Å². The van der Waals surface area contributed by atoms with Gasteiger partial charge in [0.25, 0.3) is 0 Å². The van der Waals surface area contributed by atoms with Gasteiger partial charge in [0.1, 0.15) is 0 Å². The molecule has 1 aliphatic rings. The highest BCUT2D eigenvalue weighted by molar-refractivity contribution is 5.25. The molecule has 1 heteroatoms. The van der Waals surface area contributed by atoms with Gasteiger partial charge >= 0.3 is 0 Å². The fraction of sp³-hybridized carbons (Fsp3) is 0.300. The Morgan fingerprint density at radius 1 is 1.27 bits per heavy atom. The second-order valence-electron chi connectivity index (χ2n) is 3.15. The first kappa shape index (κ1) is 6.86. The molecule has 1 fully saturated rings. The van der Waals surface area contributed by atoms with Crippen LogP contribution in [0.15, 0.2) is 30.3 Å². The number of quaternary nitrogens is 1. The summed E-state index contributed by atoms with van der Waals surface area (Å²) in [6.07, 6.45) is 1.30. The normalized spacial score (nSPS) is 28.5. The lowest BCUT2D eigenvalue weighted by Crippen LogP contribution is -2.79. The quantitative estimate of drug-likeness (QED) is 0.598. The first-order chi connectivity index (χ1) is 5.42. The van der Waals surface area contributed by atoms with Gasteiger partial charge in [0.15, 0.2) is 0 Å². The maximum Gasteiger partial charge on any atom is 0.0700 e. The van der Waals surface area contributed by atoms with E-state index in [0.717, 1.165) is 12.0 Å². The van der Waals surface area contributed by atoms with Gasteiger partial charge in [-0.3, -0.25) is 0 Å². The summed E-state index contributed by atoms with van der Waals surface area (Å²) in [4.78, 5) is 0. The lowest BCUT2D eigenvalue weighted by molar-refractivity contribution is -0.611. The molecule has 1 saturated carbocycles. The molecule has 1 aliphatic carbocycles. The highest BCUT2D eigenvalue weighted by atomic mass is 14.9. The Bertz CT molecular complexity index is 230. The predicted octanol–water partition coefficient (Wildman–Crippen LogP) is 0.897. The topological polar surface area (TPSA) is 16.6 Å². The van der Waals surface area contributed by atoms with E-state index in [1.165, 1.54) is 12.0 Å². The van der Waals surface area contributed by atoms with Crippen LogP contribution in [0, 0.1) is 7.05 Å². The molecule has 0 amide bonds. The van der Waals surface area contributed by atoms with Crippen molar-refractivity contribution >= 4 is 0 Å². The maximum absolute atomic E-state index is 3.80. The number of benzene rings is 1. The molecule has 2 rings (SSSR count). The molecule has 1 aromatic carbocycles. The van der Waals surface area contributed by atoms with Gasteiger partial charge in [-0.1, -0.05) is 30.3 Å². The Morgan fingerprint density at radius 3 is 2.55 bits per heavy atom. The van der Waals surface area contributed by atoms with Gasteiger partial charge in [-0.05, 0) is 5.56 Å². The zero-order valence-corrected chi connectivity index (χ0v) is 6.53. The standard InChI is InChI=1S/C10H13N/c1-11-10-7-9(10)8-5-3-2-4-6-8/h2-6,9-10H,1,7,11H2/t9?,10-/m1/s1. The fourth-order valence-electron chi connectivity index (χ4n) is 1.56. The van der Waals surface area contributed by atoms with Crippen molar-refractivity contribution in [2.75, 3.05) is 0 Å². The van der Waals surface area contributed by atoms with Crippen LogP contribution in [-0.4, -0.2) is 6.04 Å². The van der Waals surface area contributed by atoms with E-state index in [9.17, 15) is 0 Å². The zero-order valence-electron chi connectivity index (χ0n) is 6.53. The van der Waals surface area contributed by atoms with Crippen molar-refractivity contribution in [1.29, 1.82) is 0 Å². The average molecular weight is 147 g/mol. The third kappa shape index (κ3) is 1.29. The van der Waals surface area contributed by atoms with Crippen LogP contribution in [-0.2, 0) is 0 Å². The third-order valence-electron chi connectivity index (χ3n) is 2.37. The van der Waals surface area contributed by atoms with Crippen molar-refractivity contribution in [2.24, 2.45) is 0 Å². The van der Waals surface area contributed by atoms with E-state index in [2.05, 4.69) is 42.7 Å². The molecule has 1 nitrogen and oxygen atoms in total. The molecule has 2 N–H and O–H groups in total. The monoisotopic (exact) mass is 147 g/mol. The Morgan fingerprint density at radius 2 is 2.00 bits per heavy atom. The van der Waals surface area contributed by atoms with Crippen LogP contribution in [0.3, 0.4) is 0 Å². The molecule has 1 unspecified atom stereocenters. The van der Waals surface area contributed by atoms with Gasteiger partial charge in [-0.15, -0.1) is 0 Å². The SMILES string of the molecule is [CH2-][NH2+][C@@H]1CC1c1ccccc1. The predicted molar refractivity (Wildman–Crippen MR) is 44.9 cm³/mol. The van der Waals surface area contributed by atoms with E-state index in [4.69, 9.17) is 0 Å². The zero-order chi connectivity index (χ0) is 7.68. The molecule has 0 bridgehead atoms. The van der Waals surface area contributed by atoms with Crippen molar-refractivity contribution in [3.05, 3.63) is 42.9 Å². The number of hydrogen-bond acceptors (Lipinski definition) is 0. The van der Waals surface area contributed by atoms with Gasteiger partial charge in [0.05, 0.1) is 6.04 Å². The van der Waals surface area contributed by atoms with Crippen LogP contribution in [0.2, 0.25) is 0 Å². The summed E-state index contributed by atoms with van der Waals surface area (Å²) >= 11 is 0. The van der Waals surface area contributed by atoms with Crippen LogP contribution < -0.4 is 5.32 Å². The molecule has 1 aromatic rings. The third-order valence-corrected chi connectivity index (χ3v) is 2.37. The summed E-state index contributed by atoms with van der Waals surface area (Å²) in [5.41, 5.74) is 1.47. The van der Waals surface area contributed by atoms with Gasteiger partial charge < -0.3 is 5.32 Å². The molecular weight excluding hydrogens is 134 g/mol. The van der Waals surface area contributed by atoms with Crippen LogP contribution in [0.25, 0.3) is 0 Å². The van der Waals surface area contributed by atoms with Crippen LogP contribution in [0.4, 0.5) is 0 Å². The van der Waals surface area contributed by atoms with Crippen LogP contribution >= 0.6 is 0 Å². The Labute approximate surface area is 67.4 Å². The highest BCUT2D eigenvalue weighted by Gasteiger charge is 2.39. The van der Waals surface area contributed by atoms with Gasteiger partial charge in [0, 0.05) is 12.3 Å². The minimum atomic E-state index is 0.748. The van der Waals surface area contributed by atoms with Crippen molar-refractivity contribution in [2.45, 2.75) is 18.4 Å². The molecular formula is C10H13N. The summed E-state index contributed by atoms with van der Waals surface area (Å²) in [6.45, 7) is 0. The fourth-order valence-corrected chi connectivity index (χ4v) is 1.56. The van der Waals surface area contributed by atoms with E-state index in [0.29, 0.717) is 0 Å². The Balaban J connectivity index is 2.09. The van der Waals surface area contributed by atoms with Crippen molar-refractivity contribution in [3.8, 4) is 0 Å². The van der Waals surface area contributed by atoms with Gasteiger partial charge in [-0.25, -0.2) is 0 Å².